The highest BCUT2D eigenvalue weighted by Gasteiger charge is 2.69. The summed E-state index contributed by atoms with van der Waals surface area (Å²) in [6.45, 7) is 21.8. The first-order valence-corrected chi connectivity index (χ1v) is 19.4. The van der Waals surface area contributed by atoms with Crippen LogP contribution >= 0.6 is 31.9 Å². The number of benzene rings is 1. The minimum absolute atomic E-state index is 0.00486. The summed E-state index contributed by atoms with van der Waals surface area (Å²) in [6.07, 6.45) is 11.5. The first-order valence-electron chi connectivity index (χ1n) is 17.8. The summed E-state index contributed by atoms with van der Waals surface area (Å²) in [4.78, 5) is 40.5. The number of halogens is 2. The number of ketones is 1. The van der Waals surface area contributed by atoms with Gasteiger partial charge in [0.1, 0.15) is 0 Å². The lowest BCUT2D eigenvalue weighted by atomic mass is 9.33. The Morgan fingerprint density at radius 2 is 1.51 bits per heavy atom. The molecule has 0 saturated heterocycles. The molecule has 0 unspecified atom stereocenters. The number of amides is 2. The molecule has 5 nitrogen and oxygen atoms in total. The lowest BCUT2D eigenvalue weighted by Gasteiger charge is -2.70. The third-order valence-corrected chi connectivity index (χ3v) is 15.5. The Labute approximate surface area is 299 Å². The smallest absolute Gasteiger partial charge is 0.251 e. The van der Waals surface area contributed by atoms with Crippen LogP contribution in [-0.2, 0) is 9.59 Å². The van der Waals surface area contributed by atoms with E-state index in [0.29, 0.717) is 30.5 Å². The van der Waals surface area contributed by atoms with Crippen LogP contribution in [0.5, 0.6) is 0 Å². The number of carbonyl (C=O) groups is 3. The number of allylic oxidation sites excluding steroid dienone is 3. The first kappa shape index (κ1) is 35.1. The summed E-state index contributed by atoms with van der Waals surface area (Å²) in [6, 6.07) is 5.49. The molecule has 1 aromatic rings. The van der Waals surface area contributed by atoms with E-state index in [9.17, 15) is 14.4 Å². The Bertz CT molecular complexity index is 1540. The van der Waals surface area contributed by atoms with Gasteiger partial charge in [0.05, 0.1) is 5.41 Å². The molecule has 2 amide bonds. The van der Waals surface area contributed by atoms with E-state index >= 15 is 0 Å². The van der Waals surface area contributed by atoms with Crippen molar-refractivity contribution in [2.24, 2.45) is 50.2 Å². The monoisotopic (exact) mass is 768 g/mol. The molecule has 4 saturated carbocycles. The van der Waals surface area contributed by atoms with Gasteiger partial charge in [0.15, 0.2) is 5.78 Å². The van der Waals surface area contributed by atoms with Gasteiger partial charge in [-0.1, -0.05) is 98.6 Å². The molecule has 2 N–H and O–H groups in total. The molecule has 0 radical (unpaired) electrons. The van der Waals surface area contributed by atoms with E-state index in [-0.39, 0.29) is 50.6 Å². The number of nitrogens with one attached hydrogen (secondary N) is 2. The fraction of sp³-hybridized carbons (Fsp3) is 0.675. The SMILES string of the molecule is C=C1C[C@]2(C)[C@H]3CC=C4[C@@H]5CC(C)(C)CC[C@]5(C(=O)NCCNC(=O)c5cc(Br)cc(Br)c5)CC[C@@]4(C)[C@]3(C)CC[C@H]2C(C)(C)C1=O. The molecule has 0 heterocycles. The second kappa shape index (κ2) is 11.7. The number of rotatable bonds is 5. The Morgan fingerprint density at radius 3 is 2.19 bits per heavy atom. The van der Waals surface area contributed by atoms with Crippen molar-refractivity contribution < 1.29 is 14.4 Å². The van der Waals surface area contributed by atoms with Crippen molar-refractivity contribution in [3.63, 3.8) is 0 Å². The van der Waals surface area contributed by atoms with Crippen molar-refractivity contribution in [1.29, 1.82) is 0 Å². The third kappa shape index (κ3) is 5.38. The first-order chi connectivity index (χ1) is 21.8. The summed E-state index contributed by atoms with van der Waals surface area (Å²) >= 11 is 6.91. The van der Waals surface area contributed by atoms with E-state index in [1.165, 1.54) is 5.57 Å². The number of hydrogen-bond donors (Lipinski definition) is 2. The van der Waals surface area contributed by atoms with Gasteiger partial charge in [-0.25, -0.2) is 0 Å². The molecule has 7 atom stereocenters. The summed E-state index contributed by atoms with van der Waals surface area (Å²) in [5.41, 5.74) is 2.42. The normalized spacial score (nSPS) is 38.6. The Balaban J connectivity index is 1.25. The lowest BCUT2D eigenvalue weighted by Crippen LogP contribution is -2.65. The molecule has 0 spiro atoms. The van der Waals surface area contributed by atoms with Crippen LogP contribution < -0.4 is 10.6 Å². The van der Waals surface area contributed by atoms with Gasteiger partial charge in [-0.15, -0.1) is 0 Å². The number of fused-ring (bicyclic) bond motifs is 7. The minimum Gasteiger partial charge on any atom is -0.354 e. The molecule has 4 fully saturated rings. The molecule has 0 bridgehead atoms. The van der Waals surface area contributed by atoms with Gasteiger partial charge in [-0.3, -0.25) is 14.4 Å². The molecular formula is C40H54Br2N2O3. The van der Waals surface area contributed by atoms with E-state index in [1.54, 1.807) is 12.1 Å². The molecule has 1 aromatic carbocycles. The molecular weight excluding hydrogens is 716 g/mol. The van der Waals surface area contributed by atoms with Crippen molar-refractivity contribution >= 4 is 49.5 Å². The molecule has 47 heavy (non-hydrogen) atoms. The van der Waals surface area contributed by atoms with E-state index in [2.05, 4.69) is 104 Å². The number of hydrogen-bond acceptors (Lipinski definition) is 3. The van der Waals surface area contributed by atoms with E-state index in [1.807, 2.05) is 6.07 Å². The molecule has 6 rings (SSSR count). The van der Waals surface area contributed by atoms with Crippen molar-refractivity contribution in [1.82, 2.24) is 10.6 Å². The van der Waals surface area contributed by atoms with Gasteiger partial charge in [-0.05, 0) is 121 Å². The largest absolute Gasteiger partial charge is 0.354 e. The predicted molar refractivity (Wildman–Crippen MR) is 196 cm³/mol. The highest BCUT2D eigenvalue weighted by atomic mass is 79.9. The van der Waals surface area contributed by atoms with Crippen molar-refractivity contribution in [3.05, 3.63) is 56.5 Å². The standard InChI is InChI=1S/C40H54Br2N2O3/c1-24-22-37(6)30(36(4,5)32(24)45)11-12-39(8)31(37)10-9-28-29-23-35(2,3)13-15-40(29,16-14-38(28,39)7)34(47)44-18-17-43-33(46)25-19-26(41)21-27(42)20-25/h9,19-21,29-31H,1,10-18,22-23H2,2-8H3,(H,43,46)(H,44,47)/t29-,30-,31+,37-,38+,39+,40-/m0/s1. The zero-order chi connectivity index (χ0) is 34.4. The topological polar surface area (TPSA) is 75.3 Å². The average Bonchev–Trinajstić information content (AvgIpc) is 2.97. The Kier molecular flexibility index (Phi) is 8.72. The van der Waals surface area contributed by atoms with Gasteiger partial charge < -0.3 is 10.6 Å². The maximum atomic E-state index is 14.4. The summed E-state index contributed by atoms with van der Waals surface area (Å²) in [7, 11) is 0. The second-order valence-corrected chi connectivity index (χ2v) is 19.7. The maximum absolute atomic E-state index is 14.4. The van der Waals surface area contributed by atoms with Crippen LogP contribution in [0.1, 0.15) is 117 Å². The van der Waals surface area contributed by atoms with E-state index < -0.39 is 5.41 Å². The van der Waals surface area contributed by atoms with Crippen LogP contribution in [0, 0.1) is 50.2 Å². The molecule has 7 heteroatoms. The van der Waals surface area contributed by atoms with Crippen LogP contribution in [0.4, 0.5) is 0 Å². The summed E-state index contributed by atoms with van der Waals surface area (Å²) in [5.74, 6) is 1.31. The van der Waals surface area contributed by atoms with Crippen molar-refractivity contribution in [2.45, 2.75) is 106 Å². The lowest BCUT2D eigenvalue weighted by molar-refractivity contribution is -0.179. The maximum Gasteiger partial charge on any atom is 0.251 e. The fourth-order valence-corrected chi connectivity index (χ4v) is 13.2. The summed E-state index contributed by atoms with van der Waals surface area (Å²) < 4.78 is 1.67. The van der Waals surface area contributed by atoms with Gasteiger partial charge in [0.25, 0.3) is 5.91 Å². The highest BCUT2D eigenvalue weighted by Crippen LogP contribution is 2.75. The number of Topliss-reactive ketones (excluding diaryl/α,β-unsaturated/α-hetero) is 1. The van der Waals surface area contributed by atoms with Gasteiger partial charge in [-0.2, -0.15) is 0 Å². The second-order valence-electron chi connectivity index (χ2n) is 17.9. The zero-order valence-electron chi connectivity index (χ0n) is 29.5. The van der Waals surface area contributed by atoms with Crippen LogP contribution in [-0.4, -0.2) is 30.7 Å². The van der Waals surface area contributed by atoms with Crippen LogP contribution in [0.2, 0.25) is 0 Å². The van der Waals surface area contributed by atoms with Crippen LogP contribution in [0.15, 0.2) is 50.9 Å². The fourth-order valence-electron chi connectivity index (χ4n) is 11.9. The zero-order valence-corrected chi connectivity index (χ0v) is 32.7. The van der Waals surface area contributed by atoms with Crippen LogP contribution in [0.3, 0.4) is 0 Å². The molecule has 256 valence electrons. The average molecular weight is 771 g/mol. The third-order valence-electron chi connectivity index (χ3n) is 14.5. The minimum atomic E-state index is -0.419. The highest BCUT2D eigenvalue weighted by molar-refractivity contribution is 9.11. The van der Waals surface area contributed by atoms with Crippen molar-refractivity contribution in [2.75, 3.05) is 13.1 Å². The van der Waals surface area contributed by atoms with Crippen molar-refractivity contribution in [3.8, 4) is 0 Å². The molecule has 0 aromatic heterocycles. The van der Waals surface area contributed by atoms with Gasteiger partial charge in [0, 0.05) is 33.0 Å². The molecule has 5 aliphatic carbocycles. The Hall–Kier alpha value is -1.73. The van der Waals surface area contributed by atoms with Gasteiger partial charge >= 0.3 is 0 Å². The molecule has 5 aliphatic rings. The molecule has 0 aliphatic heterocycles. The predicted octanol–water partition coefficient (Wildman–Crippen LogP) is 9.59. The van der Waals surface area contributed by atoms with Gasteiger partial charge in [0.2, 0.25) is 5.91 Å². The summed E-state index contributed by atoms with van der Waals surface area (Å²) in [5, 5.41) is 6.28. The van der Waals surface area contributed by atoms with E-state index in [4.69, 9.17) is 0 Å². The Morgan fingerprint density at radius 1 is 0.872 bits per heavy atom. The quantitative estimate of drug-likeness (QED) is 0.178. The number of carbonyl (C=O) groups excluding carboxylic acids is 3. The van der Waals surface area contributed by atoms with E-state index in [0.717, 1.165) is 72.3 Å². The van der Waals surface area contributed by atoms with Crippen LogP contribution in [0.25, 0.3) is 0 Å².